The van der Waals surface area contributed by atoms with Crippen LogP contribution in [0.1, 0.15) is 5.56 Å². The molecule has 0 heterocycles. The molecule has 0 atom stereocenters. The van der Waals surface area contributed by atoms with Crippen LogP contribution < -0.4 is 5.32 Å². The Kier molecular flexibility index (Phi) is 5.30. The zero-order valence-electron chi connectivity index (χ0n) is 13.3. The van der Waals surface area contributed by atoms with Gasteiger partial charge in [-0.2, -0.15) is 0 Å². The molecule has 3 aromatic carbocycles. The molecule has 0 radical (unpaired) electrons. The summed E-state index contributed by atoms with van der Waals surface area (Å²) in [4.78, 5) is 22.4. The molecule has 1 N–H and O–H groups in total. The summed E-state index contributed by atoms with van der Waals surface area (Å²) in [5.74, 6) is 0.879. The number of benzene rings is 3. The van der Waals surface area contributed by atoms with E-state index < -0.39 is 4.92 Å². The number of hydrogen-bond donors (Lipinski definition) is 1. The summed E-state index contributed by atoms with van der Waals surface area (Å²) < 4.78 is 0. The molecule has 1 amide bonds. The average Bonchev–Trinajstić information content (AvgIpc) is 2.62. The van der Waals surface area contributed by atoms with Gasteiger partial charge >= 0.3 is 0 Å². The van der Waals surface area contributed by atoms with Crippen molar-refractivity contribution in [2.45, 2.75) is 5.75 Å². The van der Waals surface area contributed by atoms with E-state index in [4.69, 9.17) is 0 Å². The highest BCUT2D eigenvalue weighted by molar-refractivity contribution is 7.99. The van der Waals surface area contributed by atoms with E-state index in [-0.39, 0.29) is 11.6 Å². The van der Waals surface area contributed by atoms with Gasteiger partial charge in [0.05, 0.1) is 10.7 Å². The highest BCUT2D eigenvalue weighted by atomic mass is 32.2. The van der Waals surface area contributed by atoms with E-state index >= 15 is 0 Å². The van der Waals surface area contributed by atoms with Crippen LogP contribution >= 0.6 is 11.8 Å². The maximum atomic E-state index is 12.2. The lowest BCUT2D eigenvalue weighted by molar-refractivity contribution is -0.384. The number of nitrogens with zero attached hydrogens (tertiary/aromatic N) is 1. The van der Waals surface area contributed by atoms with E-state index in [1.54, 1.807) is 12.1 Å². The number of carbonyl (C=O) groups is 1. The van der Waals surface area contributed by atoms with Crippen molar-refractivity contribution in [3.8, 4) is 0 Å². The van der Waals surface area contributed by atoms with Gasteiger partial charge < -0.3 is 5.32 Å². The van der Waals surface area contributed by atoms with E-state index in [1.165, 1.54) is 23.9 Å². The molecule has 25 heavy (non-hydrogen) atoms. The number of non-ortho nitro benzene ring substituents is 1. The molecule has 126 valence electrons. The molecule has 0 unspecified atom stereocenters. The Morgan fingerprint density at radius 3 is 2.48 bits per heavy atom. The molecule has 3 rings (SSSR count). The zero-order chi connectivity index (χ0) is 17.6. The Labute approximate surface area is 149 Å². The molecule has 0 aliphatic heterocycles. The van der Waals surface area contributed by atoms with Gasteiger partial charge in [0.2, 0.25) is 5.91 Å². The minimum Gasteiger partial charge on any atom is -0.325 e. The number of rotatable bonds is 6. The summed E-state index contributed by atoms with van der Waals surface area (Å²) in [6, 6.07) is 20.1. The third-order valence-corrected chi connectivity index (χ3v) is 4.72. The molecule has 0 aliphatic rings. The van der Waals surface area contributed by atoms with E-state index in [1.807, 2.05) is 42.5 Å². The highest BCUT2D eigenvalue weighted by Gasteiger charge is 2.07. The third kappa shape index (κ3) is 4.36. The number of nitro groups is 1. The van der Waals surface area contributed by atoms with E-state index in [2.05, 4.69) is 5.32 Å². The predicted octanol–water partition coefficient (Wildman–Crippen LogP) is 4.62. The van der Waals surface area contributed by atoms with Crippen LogP contribution in [0.5, 0.6) is 0 Å². The fraction of sp³-hybridized carbons (Fsp3) is 0.105. The van der Waals surface area contributed by atoms with Crippen LogP contribution in [0.4, 0.5) is 11.4 Å². The van der Waals surface area contributed by atoms with Gasteiger partial charge in [0, 0.05) is 29.0 Å². The van der Waals surface area contributed by atoms with Crippen LogP contribution in [0.15, 0.2) is 66.7 Å². The molecule has 0 aromatic heterocycles. The number of amides is 1. The van der Waals surface area contributed by atoms with Gasteiger partial charge in [0.25, 0.3) is 5.69 Å². The molecule has 3 aromatic rings. The topological polar surface area (TPSA) is 72.2 Å². The van der Waals surface area contributed by atoms with Crippen LogP contribution in [0.25, 0.3) is 10.8 Å². The number of nitro benzene ring substituents is 1. The van der Waals surface area contributed by atoms with Crippen molar-refractivity contribution in [1.29, 1.82) is 0 Å². The molecule has 0 aliphatic carbocycles. The lowest BCUT2D eigenvalue weighted by Gasteiger charge is -2.08. The first-order valence-electron chi connectivity index (χ1n) is 7.72. The first-order chi connectivity index (χ1) is 12.1. The fourth-order valence-corrected chi connectivity index (χ4v) is 3.28. The minimum absolute atomic E-state index is 0.0664. The van der Waals surface area contributed by atoms with Gasteiger partial charge in [0.1, 0.15) is 0 Å². The van der Waals surface area contributed by atoms with Crippen molar-refractivity contribution >= 4 is 39.8 Å². The van der Waals surface area contributed by atoms with Crippen molar-refractivity contribution in [1.82, 2.24) is 0 Å². The average molecular weight is 352 g/mol. The maximum absolute atomic E-state index is 12.2. The van der Waals surface area contributed by atoms with Crippen LogP contribution in [0.2, 0.25) is 0 Å². The Morgan fingerprint density at radius 1 is 1.00 bits per heavy atom. The van der Waals surface area contributed by atoms with E-state index in [0.29, 0.717) is 11.5 Å². The molecule has 5 nitrogen and oxygen atoms in total. The van der Waals surface area contributed by atoms with Gasteiger partial charge in [-0.15, -0.1) is 11.8 Å². The molecular weight excluding hydrogens is 336 g/mol. The number of thioether (sulfide) groups is 1. The predicted molar refractivity (Wildman–Crippen MR) is 102 cm³/mol. The number of carbonyl (C=O) groups excluding carboxylic acids is 1. The van der Waals surface area contributed by atoms with Gasteiger partial charge in [-0.05, 0) is 17.0 Å². The summed E-state index contributed by atoms with van der Waals surface area (Å²) >= 11 is 1.47. The van der Waals surface area contributed by atoms with Gasteiger partial charge in [-0.3, -0.25) is 14.9 Å². The monoisotopic (exact) mass is 352 g/mol. The normalized spacial score (nSPS) is 10.6. The summed E-state index contributed by atoms with van der Waals surface area (Å²) in [5.41, 5.74) is 1.83. The Bertz CT molecular complexity index is 905. The second-order valence-corrected chi connectivity index (χ2v) is 6.48. The molecule has 0 fully saturated rings. The largest absolute Gasteiger partial charge is 0.325 e. The molecule has 0 saturated carbocycles. The number of nitrogens with one attached hydrogen (secondary N) is 1. The van der Waals surface area contributed by atoms with E-state index in [9.17, 15) is 14.9 Å². The van der Waals surface area contributed by atoms with Crippen LogP contribution in [-0.2, 0) is 10.5 Å². The fourth-order valence-electron chi connectivity index (χ4n) is 2.50. The van der Waals surface area contributed by atoms with Crippen molar-refractivity contribution in [3.63, 3.8) is 0 Å². The lowest BCUT2D eigenvalue weighted by atomic mass is 10.1. The first kappa shape index (κ1) is 17.0. The van der Waals surface area contributed by atoms with E-state index in [0.717, 1.165) is 22.0 Å². The first-order valence-corrected chi connectivity index (χ1v) is 8.87. The minimum atomic E-state index is -0.422. The van der Waals surface area contributed by atoms with Gasteiger partial charge in [0.15, 0.2) is 0 Å². The van der Waals surface area contributed by atoms with Crippen LogP contribution in [-0.4, -0.2) is 16.6 Å². The third-order valence-electron chi connectivity index (χ3n) is 3.71. The second kappa shape index (κ2) is 7.81. The van der Waals surface area contributed by atoms with Gasteiger partial charge in [-0.1, -0.05) is 48.5 Å². The number of hydrogen-bond acceptors (Lipinski definition) is 4. The van der Waals surface area contributed by atoms with Crippen molar-refractivity contribution in [2.75, 3.05) is 11.1 Å². The van der Waals surface area contributed by atoms with Crippen molar-refractivity contribution < 1.29 is 9.72 Å². The Morgan fingerprint density at radius 2 is 1.72 bits per heavy atom. The van der Waals surface area contributed by atoms with Gasteiger partial charge in [-0.25, -0.2) is 0 Å². The number of anilines is 1. The maximum Gasteiger partial charge on any atom is 0.269 e. The standard InChI is InChI=1S/C19H16N2O3S/c22-19(13-25-12-14-8-10-16(11-9-14)21(23)24)20-18-7-3-5-15-4-1-2-6-17(15)18/h1-11H,12-13H2,(H,20,22). The Balaban J connectivity index is 1.55. The summed E-state index contributed by atoms with van der Waals surface area (Å²) in [6.45, 7) is 0. The molecule has 0 spiro atoms. The zero-order valence-corrected chi connectivity index (χ0v) is 14.2. The second-order valence-electron chi connectivity index (χ2n) is 5.49. The molecule has 0 bridgehead atoms. The summed E-state index contributed by atoms with van der Waals surface area (Å²) in [5, 5.41) is 15.7. The van der Waals surface area contributed by atoms with Crippen molar-refractivity contribution in [3.05, 3.63) is 82.4 Å². The van der Waals surface area contributed by atoms with Crippen LogP contribution in [0.3, 0.4) is 0 Å². The number of fused-ring (bicyclic) bond motifs is 1. The lowest BCUT2D eigenvalue weighted by Crippen LogP contribution is -2.14. The molecule has 0 saturated heterocycles. The molecule has 6 heteroatoms. The molecular formula is C19H16N2O3S. The van der Waals surface area contributed by atoms with Crippen molar-refractivity contribution in [2.24, 2.45) is 0 Å². The summed E-state index contributed by atoms with van der Waals surface area (Å²) in [7, 11) is 0. The SMILES string of the molecule is O=C(CSCc1ccc([N+](=O)[O-])cc1)Nc1cccc2ccccc12. The Hall–Kier alpha value is -2.86. The summed E-state index contributed by atoms with van der Waals surface area (Å²) in [6.07, 6.45) is 0. The van der Waals surface area contributed by atoms with Crippen LogP contribution in [0, 0.1) is 10.1 Å². The quantitative estimate of drug-likeness (QED) is 0.519. The highest BCUT2D eigenvalue weighted by Crippen LogP contribution is 2.23. The smallest absolute Gasteiger partial charge is 0.269 e.